The van der Waals surface area contributed by atoms with Gasteiger partial charge in [0.05, 0.1) is 0 Å². The van der Waals surface area contributed by atoms with Gasteiger partial charge < -0.3 is 5.32 Å². The summed E-state index contributed by atoms with van der Waals surface area (Å²) in [5.74, 6) is 0. The minimum Gasteiger partial charge on any atom is -0.310 e. The average molecular weight is 272 g/mol. The Bertz CT molecular complexity index is 577. The number of benzene rings is 1. The molecule has 2 unspecified atom stereocenters. The predicted molar refractivity (Wildman–Crippen MR) is 81.7 cm³/mol. The molecule has 2 aliphatic rings. The average Bonchev–Trinajstić information content (AvgIpc) is 2.97. The highest BCUT2D eigenvalue weighted by Gasteiger charge is 2.29. The molecule has 1 N–H and O–H groups in total. The second-order valence-corrected chi connectivity index (χ2v) is 6.83. The van der Waals surface area contributed by atoms with Gasteiger partial charge in [-0.15, -0.1) is 11.3 Å². The number of fused-ring (bicyclic) bond motifs is 3. The third-order valence-electron chi connectivity index (χ3n) is 4.56. The van der Waals surface area contributed by atoms with Crippen LogP contribution in [0.4, 0.5) is 0 Å². The molecule has 2 fully saturated rings. The van der Waals surface area contributed by atoms with Crippen LogP contribution in [0.25, 0.3) is 10.1 Å². The van der Waals surface area contributed by atoms with Crippen LogP contribution in [-0.4, -0.2) is 30.1 Å². The summed E-state index contributed by atoms with van der Waals surface area (Å²) in [6.45, 7) is 3.59. The molecular weight excluding hydrogens is 252 g/mol. The molecule has 2 aromatic rings. The topological polar surface area (TPSA) is 15.3 Å². The minimum atomic E-state index is 0.734. The summed E-state index contributed by atoms with van der Waals surface area (Å²) < 4.78 is 1.42. The van der Waals surface area contributed by atoms with Crippen molar-refractivity contribution in [3.63, 3.8) is 0 Å². The summed E-state index contributed by atoms with van der Waals surface area (Å²) in [5.41, 5.74) is 1.51. The maximum absolute atomic E-state index is 3.76. The van der Waals surface area contributed by atoms with E-state index in [4.69, 9.17) is 0 Å². The van der Waals surface area contributed by atoms with Gasteiger partial charge in [-0.2, -0.15) is 0 Å². The number of rotatable bonds is 2. The summed E-state index contributed by atoms with van der Waals surface area (Å²) in [6, 6.07) is 10.3. The molecule has 2 aliphatic heterocycles. The Kier molecular flexibility index (Phi) is 3.06. The third-order valence-corrected chi connectivity index (χ3v) is 5.57. The maximum Gasteiger partial charge on any atom is 0.0346 e. The molecule has 0 saturated carbocycles. The molecule has 4 rings (SSSR count). The first kappa shape index (κ1) is 11.9. The zero-order chi connectivity index (χ0) is 12.7. The fourth-order valence-corrected chi connectivity index (χ4v) is 4.51. The molecule has 3 heteroatoms. The van der Waals surface area contributed by atoms with Gasteiger partial charge in [0.2, 0.25) is 0 Å². The molecule has 1 aromatic carbocycles. The van der Waals surface area contributed by atoms with Crippen molar-refractivity contribution in [1.82, 2.24) is 10.2 Å². The van der Waals surface area contributed by atoms with E-state index in [0.717, 1.165) is 18.6 Å². The minimum absolute atomic E-state index is 0.734. The van der Waals surface area contributed by atoms with Gasteiger partial charge in [-0.05, 0) is 41.7 Å². The number of hydrogen-bond donors (Lipinski definition) is 1. The Morgan fingerprint density at radius 3 is 3.05 bits per heavy atom. The standard InChI is InChI=1S/C16H20N2S/c1-2-4-16-15(3-1)12(11-19-16)9-18-8-7-13-5-6-14(10-18)17-13/h1-4,11,13-14,17H,5-10H2. The lowest BCUT2D eigenvalue weighted by Gasteiger charge is -2.23. The lowest BCUT2D eigenvalue weighted by molar-refractivity contribution is 0.252. The molecule has 2 nitrogen and oxygen atoms in total. The van der Waals surface area contributed by atoms with Gasteiger partial charge >= 0.3 is 0 Å². The Morgan fingerprint density at radius 2 is 2.05 bits per heavy atom. The molecule has 0 aliphatic carbocycles. The Labute approximate surface area is 118 Å². The van der Waals surface area contributed by atoms with Crippen molar-refractivity contribution in [2.75, 3.05) is 13.1 Å². The van der Waals surface area contributed by atoms with E-state index >= 15 is 0 Å². The van der Waals surface area contributed by atoms with E-state index in [2.05, 4.69) is 39.9 Å². The lowest BCUT2D eigenvalue weighted by atomic mass is 10.1. The molecule has 2 bridgehead atoms. The van der Waals surface area contributed by atoms with Crippen LogP contribution in [0.15, 0.2) is 29.6 Å². The molecule has 2 atom stereocenters. The monoisotopic (exact) mass is 272 g/mol. The van der Waals surface area contributed by atoms with Crippen LogP contribution >= 0.6 is 11.3 Å². The fraction of sp³-hybridized carbons (Fsp3) is 0.500. The molecule has 100 valence electrons. The summed E-state index contributed by atoms with van der Waals surface area (Å²) in [6.07, 6.45) is 4.07. The summed E-state index contributed by atoms with van der Waals surface area (Å²) in [5, 5.41) is 7.56. The maximum atomic E-state index is 3.76. The van der Waals surface area contributed by atoms with Crippen molar-refractivity contribution in [2.24, 2.45) is 0 Å². The highest BCUT2D eigenvalue weighted by Crippen LogP contribution is 2.28. The number of thiophene rings is 1. The number of nitrogens with one attached hydrogen (secondary N) is 1. The molecule has 3 heterocycles. The van der Waals surface area contributed by atoms with Gasteiger partial charge in [0.1, 0.15) is 0 Å². The first-order chi connectivity index (χ1) is 9.38. The van der Waals surface area contributed by atoms with Crippen LogP contribution in [0.5, 0.6) is 0 Å². The number of nitrogens with zero attached hydrogens (tertiary/aromatic N) is 1. The first-order valence-electron chi connectivity index (χ1n) is 7.32. The predicted octanol–water partition coefficient (Wildman–Crippen LogP) is 3.23. The van der Waals surface area contributed by atoms with Crippen LogP contribution < -0.4 is 5.32 Å². The summed E-state index contributed by atoms with van der Waals surface area (Å²) >= 11 is 1.88. The normalized spacial score (nSPS) is 27.8. The lowest BCUT2D eigenvalue weighted by Crippen LogP contribution is -2.34. The van der Waals surface area contributed by atoms with E-state index in [1.807, 2.05) is 11.3 Å². The first-order valence-corrected chi connectivity index (χ1v) is 8.20. The van der Waals surface area contributed by atoms with Gasteiger partial charge in [0.25, 0.3) is 0 Å². The largest absolute Gasteiger partial charge is 0.310 e. The summed E-state index contributed by atoms with van der Waals surface area (Å²) in [7, 11) is 0. The molecule has 0 radical (unpaired) electrons. The van der Waals surface area contributed by atoms with Crippen molar-refractivity contribution in [3.05, 3.63) is 35.2 Å². The molecule has 19 heavy (non-hydrogen) atoms. The van der Waals surface area contributed by atoms with Crippen molar-refractivity contribution < 1.29 is 0 Å². The van der Waals surface area contributed by atoms with Gasteiger partial charge in [-0.3, -0.25) is 4.90 Å². The smallest absolute Gasteiger partial charge is 0.0346 e. The fourth-order valence-electron chi connectivity index (χ4n) is 3.56. The number of hydrogen-bond acceptors (Lipinski definition) is 3. The Balaban J connectivity index is 1.54. The second-order valence-electron chi connectivity index (χ2n) is 5.92. The van der Waals surface area contributed by atoms with Crippen LogP contribution in [0.3, 0.4) is 0 Å². The molecule has 1 aromatic heterocycles. The summed E-state index contributed by atoms with van der Waals surface area (Å²) in [4.78, 5) is 2.64. The van der Waals surface area contributed by atoms with Crippen LogP contribution in [0.2, 0.25) is 0 Å². The van der Waals surface area contributed by atoms with Gasteiger partial charge in [0.15, 0.2) is 0 Å². The van der Waals surface area contributed by atoms with E-state index in [1.54, 1.807) is 0 Å². The van der Waals surface area contributed by atoms with E-state index < -0.39 is 0 Å². The highest BCUT2D eigenvalue weighted by atomic mass is 32.1. The van der Waals surface area contributed by atoms with Crippen LogP contribution in [-0.2, 0) is 6.54 Å². The quantitative estimate of drug-likeness (QED) is 0.903. The Morgan fingerprint density at radius 1 is 1.16 bits per heavy atom. The van der Waals surface area contributed by atoms with E-state index in [-0.39, 0.29) is 0 Å². The van der Waals surface area contributed by atoms with Gasteiger partial charge in [-0.1, -0.05) is 18.2 Å². The van der Waals surface area contributed by atoms with Crippen LogP contribution in [0, 0.1) is 0 Å². The zero-order valence-corrected chi connectivity index (χ0v) is 12.0. The molecule has 0 amide bonds. The van der Waals surface area contributed by atoms with Crippen molar-refractivity contribution >= 4 is 21.4 Å². The molecular formula is C16H20N2S. The molecule has 2 saturated heterocycles. The highest BCUT2D eigenvalue weighted by molar-refractivity contribution is 7.17. The molecule has 0 spiro atoms. The van der Waals surface area contributed by atoms with E-state index in [0.29, 0.717) is 0 Å². The SMILES string of the molecule is c1ccc2c(CN3CCC4CCC(C3)N4)csc2c1. The van der Waals surface area contributed by atoms with Crippen molar-refractivity contribution in [1.29, 1.82) is 0 Å². The van der Waals surface area contributed by atoms with E-state index in [9.17, 15) is 0 Å². The van der Waals surface area contributed by atoms with Gasteiger partial charge in [0, 0.05) is 36.4 Å². The Hall–Kier alpha value is -0.900. The number of likely N-dealkylation sites (tertiary alicyclic amines) is 1. The zero-order valence-electron chi connectivity index (χ0n) is 11.1. The van der Waals surface area contributed by atoms with Crippen molar-refractivity contribution in [3.8, 4) is 0 Å². The van der Waals surface area contributed by atoms with E-state index in [1.165, 1.54) is 48.0 Å². The third kappa shape index (κ3) is 2.31. The van der Waals surface area contributed by atoms with Crippen LogP contribution in [0.1, 0.15) is 24.8 Å². The van der Waals surface area contributed by atoms with Crippen molar-refractivity contribution in [2.45, 2.75) is 37.9 Å². The second kappa shape index (κ2) is 4.89. The van der Waals surface area contributed by atoms with Gasteiger partial charge in [-0.25, -0.2) is 0 Å².